The highest BCUT2D eigenvalue weighted by atomic mass is 79.9. The van der Waals surface area contributed by atoms with Gasteiger partial charge in [-0.1, -0.05) is 0 Å². The number of amides is 1. The van der Waals surface area contributed by atoms with Crippen LogP contribution in [0.15, 0.2) is 15.2 Å². The standard InChI is InChI=1S/C14H18BrNO4S/c1-14(2,3)20-13(19)16-4-8(9(5-16)12(17)18)10-6-21-7-11(10)15/h6-9H,4-5H2,1-3H3,(H,17,18). The van der Waals surface area contributed by atoms with E-state index in [2.05, 4.69) is 15.9 Å². The average molecular weight is 376 g/mol. The van der Waals surface area contributed by atoms with E-state index in [4.69, 9.17) is 4.74 Å². The zero-order valence-electron chi connectivity index (χ0n) is 12.1. The summed E-state index contributed by atoms with van der Waals surface area (Å²) in [6.07, 6.45) is -0.456. The average Bonchev–Trinajstić information content (AvgIpc) is 2.91. The number of hydrogen-bond acceptors (Lipinski definition) is 4. The molecule has 1 aliphatic rings. The molecule has 2 heterocycles. The Balaban J connectivity index is 2.18. The van der Waals surface area contributed by atoms with Crippen molar-refractivity contribution >= 4 is 39.3 Å². The number of likely N-dealkylation sites (tertiary alicyclic amines) is 1. The van der Waals surface area contributed by atoms with E-state index in [0.29, 0.717) is 6.54 Å². The molecule has 21 heavy (non-hydrogen) atoms. The lowest BCUT2D eigenvalue weighted by molar-refractivity contribution is -0.141. The summed E-state index contributed by atoms with van der Waals surface area (Å²) in [7, 11) is 0. The van der Waals surface area contributed by atoms with E-state index in [1.165, 1.54) is 16.2 Å². The van der Waals surface area contributed by atoms with Crippen molar-refractivity contribution in [3.05, 3.63) is 20.8 Å². The molecule has 116 valence electrons. The third-order valence-corrected chi connectivity index (χ3v) is 5.08. The summed E-state index contributed by atoms with van der Waals surface area (Å²) < 4.78 is 6.23. The molecular formula is C14H18BrNO4S. The van der Waals surface area contributed by atoms with Gasteiger partial charge in [0, 0.05) is 28.9 Å². The number of hydrogen-bond donors (Lipinski definition) is 1. The normalized spacial score (nSPS) is 22.4. The SMILES string of the molecule is CC(C)(C)OC(=O)N1CC(C(=O)O)C(c2cscc2Br)C1. The molecule has 1 saturated heterocycles. The van der Waals surface area contributed by atoms with Gasteiger partial charge in [-0.25, -0.2) is 4.79 Å². The van der Waals surface area contributed by atoms with Crippen LogP contribution in [0.5, 0.6) is 0 Å². The van der Waals surface area contributed by atoms with Crippen molar-refractivity contribution in [2.24, 2.45) is 5.92 Å². The Kier molecular flexibility index (Phi) is 4.63. The van der Waals surface area contributed by atoms with Crippen molar-refractivity contribution < 1.29 is 19.4 Å². The van der Waals surface area contributed by atoms with Crippen LogP contribution in [-0.4, -0.2) is 40.8 Å². The topological polar surface area (TPSA) is 66.8 Å². The summed E-state index contributed by atoms with van der Waals surface area (Å²) in [6.45, 7) is 5.92. The molecule has 1 amide bonds. The lowest BCUT2D eigenvalue weighted by Crippen LogP contribution is -2.35. The van der Waals surface area contributed by atoms with Gasteiger partial charge in [-0.05, 0) is 47.6 Å². The lowest BCUT2D eigenvalue weighted by atomic mass is 9.91. The number of rotatable bonds is 2. The van der Waals surface area contributed by atoms with Crippen LogP contribution < -0.4 is 0 Å². The van der Waals surface area contributed by atoms with Gasteiger partial charge in [-0.15, -0.1) is 0 Å². The van der Waals surface area contributed by atoms with Crippen LogP contribution >= 0.6 is 27.3 Å². The molecule has 2 atom stereocenters. The number of aliphatic carboxylic acids is 1. The van der Waals surface area contributed by atoms with Crippen LogP contribution in [0.2, 0.25) is 0 Å². The molecule has 0 spiro atoms. The van der Waals surface area contributed by atoms with Gasteiger partial charge in [0.05, 0.1) is 5.92 Å². The van der Waals surface area contributed by atoms with E-state index in [0.717, 1.165) is 10.0 Å². The Morgan fingerprint density at radius 3 is 2.52 bits per heavy atom. The van der Waals surface area contributed by atoms with Gasteiger partial charge in [0.25, 0.3) is 0 Å². The van der Waals surface area contributed by atoms with Gasteiger partial charge in [0.15, 0.2) is 0 Å². The van der Waals surface area contributed by atoms with Crippen LogP contribution in [0, 0.1) is 5.92 Å². The molecule has 5 nitrogen and oxygen atoms in total. The second kappa shape index (κ2) is 5.96. The maximum absolute atomic E-state index is 12.1. The number of nitrogens with zero attached hydrogens (tertiary/aromatic N) is 1. The number of carboxylic acids is 1. The zero-order chi connectivity index (χ0) is 15.8. The summed E-state index contributed by atoms with van der Waals surface area (Å²) in [5.74, 6) is -1.71. The Morgan fingerprint density at radius 2 is 2.05 bits per heavy atom. The highest BCUT2D eigenvalue weighted by Gasteiger charge is 2.42. The van der Waals surface area contributed by atoms with E-state index in [1.807, 2.05) is 10.8 Å². The number of thiophene rings is 1. The molecule has 0 aliphatic carbocycles. The van der Waals surface area contributed by atoms with E-state index in [9.17, 15) is 14.7 Å². The second-order valence-corrected chi connectivity index (χ2v) is 7.71. The Morgan fingerprint density at radius 1 is 1.38 bits per heavy atom. The Labute approximate surface area is 136 Å². The van der Waals surface area contributed by atoms with Crippen molar-refractivity contribution in [2.75, 3.05) is 13.1 Å². The van der Waals surface area contributed by atoms with E-state index < -0.39 is 23.6 Å². The third-order valence-electron chi connectivity index (χ3n) is 3.33. The molecule has 2 rings (SSSR count). The first-order valence-corrected chi connectivity index (χ1v) is 8.35. The van der Waals surface area contributed by atoms with Crippen LogP contribution in [0.3, 0.4) is 0 Å². The van der Waals surface area contributed by atoms with Crippen LogP contribution in [0.4, 0.5) is 4.79 Å². The van der Waals surface area contributed by atoms with Crippen LogP contribution in [0.1, 0.15) is 32.3 Å². The molecule has 1 aliphatic heterocycles. The predicted molar refractivity (Wildman–Crippen MR) is 83.7 cm³/mol. The molecule has 7 heteroatoms. The first-order valence-electron chi connectivity index (χ1n) is 6.61. The molecule has 1 fully saturated rings. The Bertz CT molecular complexity index is 551. The molecule has 1 aromatic heterocycles. The van der Waals surface area contributed by atoms with E-state index in [-0.39, 0.29) is 12.5 Å². The predicted octanol–water partition coefficient (Wildman–Crippen LogP) is 3.55. The highest BCUT2D eigenvalue weighted by Crippen LogP contribution is 2.38. The Hall–Kier alpha value is -1.08. The fraction of sp³-hybridized carbons (Fsp3) is 0.571. The van der Waals surface area contributed by atoms with Crippen LogP contribution in [-0.2, 0) is 9.53 Å². The first kappa shape index (κ1) is 16.3. The van der Waals surface area contributed by atoms with Gasteiger partial charge in [-0.3, -0.25) is 4.79 Å². The largest absolute Gasteiger partial charge is 0.481 e. The fourth-order valence-corrected chi connectivity index (χ4v) is 4.06. The maximum atomic E-state index is 12.1. The zero-order valence-corrected chi connectivity index (χ0v) is 14.5. The van der Waals surface area contributed by atoms with Gasteiger partial charge in [-0.2, -0.15) is 11.3 Å². The monoisotopic (exact) mass is 375 g/mol. The maximum Gasteiger partial charge on any atom is 0.410 e. The molecule has 1 N–H and O–H groups in total. The van der Waals surface area contributed by atoms with Crippen molar-refractivity contribution in [1.29, 1.82) is 0 Å². The number of carbonyl (C=O) groups excluding carboxylic acids is 1. The van der Waals surface area contributed by atoms with Crippen molar-refractivity contribution in [3.63, 3.8) is 0 Å². The molecule has 0 aromatic carbocycles. The smallest absolute Gasteiger partial charge is 0.410 e. The van der Waals surface area contributed by atoms with Crippen molar-refractivity contribution in [3.8, 4) is 0 Å². The van der Waals surface area contributed by atoms with Crippen molar-refractivity contribution in [2.45, 2.75) is 32.3 Å². The molecule has 1 aromatic rings. The number of carbonyl (C=O) groups is 2. The molecule has 0 saturated carbocycles. The fourth-order valence-electron chi connectivity index (χ4n) is 2.40. The van der Waals surface area contributed by atoms with Crippen molar-refractivity contribution in [1.82, 2.24) is 4.90 Å². The summed E-state index contributed by atoms with van der Waals surface area (Å²) >= 11 is 4.95. The minimum atomic E-state index is -0.885. The van der Waals surface area contributed by atoms with E-state index >= 15 is 0 Å². The number of halogens is 1. The summed E-state index contributed by atoms with van der Waals surface area (Å²) in [5, 5.41) is 13.3. The molecule has 2 unspecified atom stereocenters. The number of carboxylic acid groups (broad SMARTS) is 1. The minimum absolute atomic E-state index is 0.178. The second-order valence-electron chi connectivity index (χ2n) is 6.11. The van der Waals surface area contributed by atoms with Crippen LogP contribution in [0.25, 0.3) is 0 Å². The van der Waals surface area contributed by atoms with E-state index in [1.54, 1.807) is 20.8 Å². The molecule has 0 bridgehead atoms. The van der Waals surface area contributed by atoms with Gasteiger partial charge in [0.2, 0.25) is 0 Å². The summed E-state index contributed by atoms with van der Waals surface area (Å²) in [6, 6.07) is 0. The molecular weight excluding hydrogens is 358 g/mol. The van der Waals surface area contributed by atoms with Gasteiger partial charge < -0.3 is 14.7 Å². The summed E-state index contributed by atoms with van der Waals surface area (Å²) in [4.78, 5) is 25.1. The molecule has 0 radical (unpaired) electrons. The minimum Gasteiger partial charge on any atom is -0.481 e. The lowest BCUT2D eigenvalue weighted by Gasteiger charge is -2.24. The van der Waals surface area contributed by atoms with Gasteiger partial charge >= 0.3 is 12.1 Å². The number of ether oxygens (including phenoxy) is 1. The highest BCUT2D eigenvalue weighted by molar-refractivity contribution is 9.10. The quantitative estimate of drug-likeness (QED) is 0.857. The first-order chi connectivity index (χ1) is 9.69. The summed E-state index contributed by atoms with van der Waals surface area (Å²) in [5.41, 5.74) is 0.357. The third kappa shape index (κ3) is 3.77. The van der Waals surface area contributed by atoms with Gasteiger partial charge in [0.1, 0.15) is 5.60 Å².